The molecule has 0 heterocycles. The molecule has 1 rings (SSSR count). The Hall–Kier alpha value is -0.630. The summed E-state index contributed by atoms with van der Waals surface area (Å²) in [6.45, 7) is 5.59. The highest BCUT2D eigenvalue weighted by Gasteiger charge is 2.14. The van der Waals surface area contributed by atoms with E-state index in [1.807, 2.05) is 13.8 Å². The smallest absolute Gasteiger partial charge is 0.162 e. The molecule has 1 aromatic rings. The van der Waals surface area contributed by atoms with Crippen molar-refractivity contribution in [2.45, 2.75) is 39.0 Å². The lowest BCUT2D eigenvalue weighted by Gasteiger charge is -2.13. The molecule has 0 spiro atoms. The molecule has 0 aliphatic heterocycles. The van der Waals surface area contributed by atoms with E-state index in [9.17, 15) is 8.78 Å². The molecular weight excluding hydrogens is 230 g/mol. The Morgan fingerprint density at radius 2 is 1.81 bits per heavy atom. The van der Waals surface area contributed by atoms with Crippen LogP contribution in [0.25, 0.3) is 0 Å². The molecule has 0 nitrogen and oxygen atoms in total. The summed E-state index contributed by atoms with van der Waals surface area (Å²) in [5.41, 5.74) is 0.752. The van der Waals surface area contributed by atoms with E-state index in [1.54, 1.807) is 19.1 Å². The molecule has 1 atom stereocenters. The topological polar surface area (TPSA) is 0 Å². The van der Waals surface area contributed by atoms with E-state index < -0.39 is 11.6 Å². The van der Waals surface area contributed by atoms with Crippen molar-refractivity contribution < 1.29 is 8.78 Å². The maximum absolute atomic E-state index is 13.5. The van der Waals surface area contributed by atoms with Gasteiger partial charge in [-0.2, -0.15) is 0 Å². The van der Waals surface area contributed by atoms with Gasteiger partial charge in [0.15, 0.2) is 11.6 Å². The molecule has 1 aromatic carbocycles. The van der Waals surface area contributed by atoms with Crippen molar-refractivity contribution in [1.29, 1.82) is 0 Å². The Bertz CT molecular complexity index is 361. The molecule has 0 aliphatic carbocycles. The van der Waals surface area contributed by atoms with Crippen LogP contribution >= 0.6 is 11.6 Å². The zero-order chi connectivity index (χ0) is 12.3. The van der Waals surface area contributed by atoms with Crippen molar-refractivity contribution in [3.05, 3.63) is 34.9 Å². The van der Waals surface area contributed by atoms with Crippen LogP contribution < -0.4 is 0 Å². The van der Waals surface area contributed by atoms with Gasteiger partial charge in [0.05, 0.1) is 0 Å². The molecule has 90 valence electrons. The lowest BCUT2D eigenvalue weighted by molar-refractivity contribution is 0.487. The van der Waals surface area contributed by atoms with Gasteiger partial charge in [-0.15, -0.1) is 11.6 Å². The fourth-order valence-electron chi connectivity index (χ4n) is 1.51. The van der Waals surface area contributed by atoms with Gasteiger partial charge in [-0.1, -0.05) is 26.0 Å². The highest BCUT2D eigenvalue weighted by Crippen LogP contribution is 2.20. The molecule has 0 amide bonds. The standard InChI is InChI=1S/C13H17ClF2/c1-8(2)11(14)7-6-10-5-4-9(3)12(15)13(10)16/h4-5,8,11H,6-7H2,1-3H3. The number of alkyl halides is 1. The van der Waals surface area contributed by atoms with E-state index in [0.29, 0.717) is 29.9 Å². The summed E-state index contributed by atoms with van der Waals surface area (Å²) in [5, 5.41) is 0.00349. The van der Waals surface area contributed by atoms with E-state index in [1.165, 1.54) is 0 Å². The first-order valence-electron chi connectivity index (χ1n) is 5.51. The average Bonchev–Trinajstić information content (AvgIpc) is 2.24. The monoisotopic (exact) mass is 246 g/mol. The predicted molar refractivity (Wildman–Crippen MR) is 63.9 cm³/mol. The first-order valence-corrected chi connectivity index (χ1v) is 5.94. The zero-order valence-electron chi connectivity index (χ0n) is 9.86. The van der Waals surface area contributed by atoms with Gasteiger partial charge in [0, 0.05) is 5.38 Å². The predicted octanol–water partition coefficient (Wildman–Crippen LogP) is 4.47. The molecule has 0 bridgehead atoms. The number of aryl methyl sites for hydroxylation is 2. The molecule has 0 saturated heterocycles. The van der Waals surface area contributed by atoms with Crippen LogP contribution in [0.1, 0.15) is 31.4 Å². The van der Waals surface area contributed by atoms with Crippen LogP contribution in [0.2, 0.25) is 0 Å². The third kappa shape index (κ3) is 3.18. The second-order valence-electron chi connectivity index (χ2n) is 4.47. The maximum atomic E-state index is 13.5. The fraction of sp³-hybridized carbons (Fsp3) is 0.538. The number of rotatable bonds is 4. The minimum absolute atomic E-state index is 0.00349. The van der Waals surface area contributed by atoms with Crippen LogP contribution in [0.15, 0.2) is 12.1 Å². The number of hydrogen-bond acceptors (Lipinski definition) is 0. The fourth-order valence-corrected chi connectivity index (χ4v) is 1.61. The first kappa shape index (κ1) is 13.4. The van der Waals surface area contributed by atoms with Crippen LogP contribution in [-0.2, 0) is 6.42 Å². The van der Waals surface area contributed by atoms with Crippen molar-refractivity contribution in [1.82, 2.24) is 0 Å². The Labute approximate surface area is 101 Å². The van der Waals surface area contributed by atoms with Crippen LogP contribution in [0, 0.1) is 24.5 Å². The van der Waals surface area contributed by atoms with E-state index in [0.717, 1.165) is 0 Å². The van der Waals surface area contributed by atoms with Gasteiger partial charge in [0.25, 0.3) is 0 Å². The molecule has 0 aliphatic rings. The summed E-state index contributed by atoms with van der Waals surface area (Å²) in [4.78, 5) is 0. The Balaban J connectivity index is 2.72. The zero-order valence-corrected chi connectivity index (χ0v) is 10.6. The van der Waals surface area contributed by atoms with Gasteiger partial charge in [0.2, 0.25) is 0 Å². The van der Waals surface area contributed by atoms with Gasteiger partial charge in [0.1, 0.15) is 0 Å². The summed E-state index contributed by atoms with van der Waals surface area (Å²) in [6.07, 6.45) is 1.15. The van der Waals surface area contributed by atoms with Crippen LogP contribution in [0.5, 0.6) is 0 Å². The molecule has 16 heavy (non-hydrogen) atoms. The molecule has 0 aromatic heterocycles. The van der Waals surface area contributed by atoms with Gasteiger partial charge >= 0.3 is 0 Å². The highest BCUT2D eigenvalue weighted by molar-refractivity contribution is 6.20. The lowest BCUT2D eigenvalue weighted by Crippen LogP contribution is -2.09. The van der Waals surface area contributed by atoms with E-state index in [-0.39, 0.29) is 5.38 Å². The minimum Gasteiger partial charge on any atom is -0.203 e. The molecule has 0 radical (unpaired) electrons. The second kappa shape index (κ2) is 5.62. The Kier molecular flexibility index (Phi) is 4.72. The molecule has 1 unspecified atom stereocenters. The van der Waals surface area contributed by atoms with Crippen LogP contribution in [-0.4, -0.2) is 5.38 Å². The van der Waals surface area contributed by atoms with E-state index in [4.69, 9.17) is 11.6 Å². The highest BCUT2D eigenvalue weighted by atomic mass is 35.5. The van der Waals surface area contributed by atoms with Crippen molar-refractivity contribution in [2.24, 2.45) is 5.92 Å². The van der Waals surface area contributed by atoms with Gasteiger partial charge < -0.3 is 0 Å². The van der Waals surface area contributed by atoms with Gasteiger partial charge in [-0.05, 0) is 36.8 Å². The maximum Gasteiger partial charge on any atom is 0.162 e. The normalized spacial score (nSPS) is 13.2. The summed E-state index contributed by atoms with van der Waals surface area (Å²) in [6, 6.07) is 3.24. The summed E-state index contributed by atoms with van der Waals surface area (Å²) < 4.78 is 26.8. The lowest BCUT2D eigenvalue weighted by atomic mass is 10.0. The minimum atomic E-state index is -0.742. The van der Waals surface area contributed by atoms with E-state index in [2.05, 4.69) is 0 Å². The summed E-state index contributed by atoms with van der Waals surface area (Å²) in [7, 11) is 0. The molecule has 0 saturated carbocycles. The first-order chi connectivity index (χ1) is 7.43. The largest absolute Gasteiger partial charge is 0.203 e. The molecule has 3 heteroatoms. The van der Waals surface area contributed by atoms with E-state index >= 15 is 0 Å². The van der Waals surface area contributed by atoms with Crippen LogP contribution in [0.3, 0.4) is 0 Å². The molecule has 0 fully saturated rings. The number of hydrogen-bond donors (Lipinski definition) is 0. The van der Waals surface area contributed by atoms with Crippen molar-refractivity contribution in [3.63, 3.8) is 0 Å². The SMILES string of the molecule is Cc1ccc(CCC(Cl)C(C)C)c(F)c1F. The van der Waals surface area contributed by atoms with Crippen molar-refractivity contribution >= 4 is 11.6 Å². The average molecular weight is 247 g/mol. The van der Waals surface area contributed by atoms with Crippen molar-refractivity contribution in [3.8, 4) is 0 Å². The number of benzene rings is 1. The molecule has 0 N–H and O–H groups in total. The Morgan fingerprint density at radius 3 is 2.38 bits per heavy atom. The molecular formula is C13H17ClF2. The third-order valence-electron chi connectivity index (χ3n) is 2.77. The second-order valence-corrected chi connectivity index (χ2v) is 5.03. The number of halogens is 3. The summed E-state index contributed by atoms with van der Waals surface area (Å²) in [5.74, 6) is -1.12. The van der Waals surface area contributed by atoms with Crippen molar-refractivity contribution in [2.75, 3.05) is 0 Å². The quantitative estimate of drug-likeness (QED) is 0.688. The van der Waals surface area contributed by atoms with Crippen LogP contribution in [0.4, 0.5) is 8.78 Å². The van der Waals surface area contributed by atoms with Gasteiger partial charge in [-0.3, -0.25) is 0 Å². The Morgan fingerprint density at radius 1 is 1.19 bits per heavy atom. The third-order valence-corrected chi connectivity index (χ3v) is 3.49. The summed E-state index contributed by atoms with van der Waals surface area (Å²) >= 11 is 6.07. The van der Waals surface area contributed by atoms with Gasteiger partial charge in [-0.25, -0.2) is 8.78 Å².